The fraction of sp³-hybridized carbons (Fsp3) is 0.677. The number of likely N-dealkylation sites (N-methyl/N-ethyl adjacent to an activating group) is 1. The molecule has 1 aromatic rings. The summed E-state index contributed by atoms with van der Waals surface area (Å²) >= 11 is 0. The Morgan fingerprint density at radius 3 is 2.51 bits per heavy atom. The Bertz CT molecular complexity index is 1300. The molecule has 2 N–H and O–H groups in total. The topological polar surface area (TPSA) is 107 Å². The Labute approximate surface area is 244 Å². The van der Waals surface area contributed by atoms with E-state index in [-0.39, 0.29) is 11.1 Å². The fourth-order valence-corrected chi connectivity index (χ4v) is 7.70. The number of esters is 1. The van der Waals surface area contributed by atoms with Gasteiger partial charge in [-0.2, -0.15) is 0 Å². The quantitative estimate of drug-likeness (QED) is 0.374. The maximum atomic E-state index is 13.2. The highest BCUT2D eigenvalue weighted by Gasteiger charge is 2.72. The number of alkyl carbamates (subject to hydrolysis) is 1. The van der Waals surface area contributed by atoms with Crippen molar-refractivity contribution in [3.8, 4) is 11.5 Å². The van der Waals surface area contributed by atoms with E-state index in [2.05, 4.69) is 57.2 Å². The van der Waals surface area contributed by atoms with Crippen LogP contribution in [-0.4, -0.2) is 73.4 Å². The summed E-state index contributed by atoms with van der Waals surface area (Å²) in [7, 11) is -0.151. The number of piperidine rings is 1. The Morgan fingerprint density at radius 2 is 1.88 bits per heavy atom. The zero-order valence-corrected chi connectivity index (χ0v) is 27.1. The predicted octanol–water partition coefficient (Wildman–Crippen LogP) is 4.80. The average molecular weight is 587 g/mol. The summed E-state index contributed by atoms with van der Waals surface area (Å²) in [5.74, 6) is 1.08. The number of nitrogens with zero attached hydrogens (tertiary/aromatic N) is 1. The molecule has 0 aromatic heterocycles. The SMILES string of the molecule is CC(NC(=O)OC(C)(C)C)C(=O)OC1=CCC2(O)C3Cc4ccc(O[Si](C)(C)C(C)(C)C)c5c4C2(CCN3C)C1O5. The van der Waals surface area contributed by atoms with Crippen molar-refractivity contribution in [3.05, 3.63) is 35.1 Å². The Balaban J connectivity index is 1.51. The van der Waals surface area contributed by atoms with Crippen LogP contribution in [0.5, 0.6) is 11.5 Å². The third-order valence-corrected chi connectivity index (χ3v) is 14.2. The largest absolute Gasteiger partial charge is 0.541 e. The van der Waals surface area contributed by atoms with Gasteiger partial charge in [-0.1, -0.05) is 26.8 Å². The number of carbonyl (C=O) groups excluding carboxylic acids is 2. The van der Waals surface area contributed by atoms with Crippen LogP contribution < -0.4 is 14.5 Å². The number of rotatable bonds is 5. The number of carbonyl (C=O) groups is 2. The van der Waals surface area contributed by atoms with E-state index in [1.165, 1.54) is 0 Å². The second-order valence-electron chi connectivity index (χ2n) is 14.7. The van der Waals surface area contributed by atoms with E-state index >= 15 is 0 Å². The first kappa shape index (κ1) is 29.9. The van der Waals surface area contributed by atoms with E-state index in [1.54, 1.807) is 33.8 Å². The first-order chi connectivity index (χ1) is 18.8. The number of benzene rings is 1. The monoisotopic (exact) mass is 586 g/mol. The summed E-state index contributed by atoms with van der Waals surface area (Å²) in [5.41, 5.74) is -0.452. The molecule has 1 saturated heterocycles. The molecule has 0 saturated carbocycles. The Hall–Kier alpha value is -2.56. The Kier molecular flexibility index (Phi) is 6.91. The number of nitrogens with one attached hydrogen (secondary N) is 1. The van der Waals surface area contributed by atoms with Gasteiger partial charge in [0.1, 0.15) is 23.2 Å². The molecule has 0 radical (unpaired) electrons. The van der Waals surface area contributed by atoms with Crippen molar-refractivity contribution >= 4 is 20.4 Å². The van der Waals surface area contributed by atoms with Gasteiger partial charge >= 0.3 is 12.1 Å². The molecule has 1 fully saturated rings. The molecule has 2 aliphatic heterocycles. The number of likely N-dealkylation sites (tertiary alicyclic amines) is 1. The lowest BCUT2D eigenvalue weighted by molar-refractivity contribution is -0.169. The van der Waals surface area contributed by atoms with E-state index in [0.29, 0.717) is 36.5 Å². The highest BCUT2D eigenvalue weighted by atomic mass is 28.4. The third-order valence-electron chi connectivity index (χ3n) is 9.81. The van der Waals surface area contributed by atoms with Gasteiger partial charge in [0.15, 0.2) is 11.9 Å². The van der Waals surface area contributed by atoms with Crippen LogP contribution in [0.15, 0.2) is 24.0 Å². The highest BCUT2D eigenvalue weighted by Crippen LogP contribution is 2.65. The van der Waals surface area contributed by atoms with Gasteiger partial charge in [-0.05, 0) is 90.0 Å². The molecule has 2 heterocycles. The zero-order valence-electron chi connectivity index (χ0n) is 26.1. The predicted molar refractivity (Wildman–Crippen MR) is 158 cm³/mol. The average Bonchev–Trinajstić information content (AvgIpc) is 3.18. The van der Waals surface area contributed by atoms with Crippen LogP contribution in [0.4, 0.5) is 4.79 Å². The molecule has 4 aliphatic rings. The minimum atomic E-state index is -2.21. The summed E-state index contributed by atoms with van der Waals surface area (Å²) in [5, 5.41) is 15.1. The number of hydrogen-bond donors (Lipinski definition) is 2. The molecule has 2 aliphatic carbocycles. The van der Waals surface area contributed by atoms with Crippen molar-refractivity contribution in [2.45, 2.75) is 121 Å². The number of hydrogen-bond acceptors (Lipinski definition) is 8. The molecule has 5 atom stereocenters. The summed E-state index contributed by atoms with van der Waals surface area (Å²) in [4.78, 5) is 27.8. The van der Waals surface area contributed by atoms with Crippen LogP contribution in [0.3, 0.4) is 0 Å². The van der Waals surface area contributed by atoms with Crippen LogP contribution in [0.25, 0.3) is 0 Å². The van der Waals surface area contributed by atoms with E-state index in [1.807, 2.05) is 6.07 Å². The summed E-state index contributed by atoms with van der Waals surface area (Å²) in [6.45, 7) is 18.6. The number of ether oxygens (including phenoxy) is 3. The van der Waals surface area contributed by atoms with E-state index in [0.717, 1.165) is 17.7 Å². The van der Waals surface area contributed by atoms with Crippen molar-refractivity contribution in [2.24, 2.45) is 0 Å². The zero-order chi connectivity index (χ0) is 30.3. The van der Waals surface area contributed by atoms with Crippen molar-refractivity contribution in [1.29, 1.82) is 0 Å². The van der Waals surface area contributed by atoms with Crippen LogP contribution in [0.2, 0.25) is 18.1 Å². The van der Waals surface area contributed by atoms with Crippen LogP contribution in [0.1, 0.15) is 72.4 Å². The molecule has 41 heavy (non-hydrogen) atoms. The van der Waals surface area contributed by atoms with Crippen molar-refractivity contribution in [3.63, 3.8) is 0 Å². The van der Waals surface area contributed by atoms with Gasteiger partial charge in [0.25, 0.3) is 8.32 Å². The lowest BCUT2D eigenvalue weighted by Gasteiger charge is -2.61. The molecule has 10 heteroatoms. The van der Waals surface area contributed by atoms with Gasteiger partial charge in [-0.3, -0.25) is 0 Å². The van der Waals surface area contributed by atoms with Crippen LogP contribution >= 0.6 is 0 Å². The summed E-state index contributed by atoms with van der Waals surface area (Å²) < 4.78 is 24.8. The molecular formula is C31H46N2O7Si. The minimum Gasteiger partial charge on any atom is -0.541 e. The second-order valence-corrected chi connectivity index (χ2v) is 19.5. The molecule has 1 amide bonds. The molecule has 1 aromatic carbocycles. The number of amides is 1. The molecule has 5 rings (SSSR count). The normalized spacial score (nSPS) is 29.5. The van der Waals surface area contributed by atoms with E-state index in [4.69, 9.17) is 18.6 Å². The highest BCUT2D eigenvalue weighted by molar-refractivity contribution is 6.74. The first-order valence-corrected chi connectivity index (χ1v) is 17.6. The molecule has 9 nitrogen and oxygen atoms in total. The second kappa shape index (κ2) is 9.47. The maximum absolute atomic E-state index is 13.2. The van der Waals surface area contributed by atoms with Crippen molar-refractivity contribution in [1.82, 2.24) is 10.2 Å². The van der Waals surface area contributed by atoms with E-state index in [9.17, 15) is 14.7 Å². The smallest absolute Gasteiger partial charge is 0.408 e. The van der Waals surface area contributed by atoms with Crippen LogP contribution in [0, 0.1) is 0 Å². The minimum absolute atomic E-state index is 0.0173. The van der Waals surface area contributed by atoms with Crippen molar-refractivity contribution < 1.29 is 33.3 Å². The van der Waals surface area contributed by atoms with Gasteiger partial charge < -0.3 is 34.0 Å². The van der Waals surface area contributed by atoms with Crippen molar-refractivity contribution in [2.75, 3.05) is 13.6 Å². The molecule has 1 spiro atoms. The molecule has 2 bridgehead atoms. The van der Waals surface area contributed by atoms with E-state index < -0.39 is 49.1 Å². The maximum Gasteiger partial charge on any atom is 0.408 e. The summed E-state index contributed by atoms with van der Waals surface area (Å²) in [6.07, 6.45) is 2.06. The van der Waals surface area contributed by atoms with Gasteiger partial charge in [-0.15, -0.1) is 0 Å². The molecule has 5 unspecified atom stereocenters. The molecule has 226 valence electrons. The van der Waals surface area contributed by atoms with Gasteiger partial charge in [0, 0.05) is 18.0 Å². The van der Waals surface area contributed by atoms with Gasteiger partial charge in [0.05, 0.1) is 11.0 Å². The van der Waals surface area contributed by atoms with Gasteiger partial charge in [0.2, 0.25) is 0 Å². The standard InChI is InChI=1S/C31H46N2O7Si/c1-18(32-27(35)39-28(2,3)4)26(34)37-21-13-14-31(36)22-17-19-11-12-20(40-41(9,10)29(5,6)7)24-23(19)30(31,25(21)38-24)15-16-33(22)8/h11-13,18,22,25,36H,14-17H2,1-10H3,(H,32,35). The number of aliphatic hydroxyl groups is 1. The van der Waals surface area contributed by atoms with Gasteiger partial charge in [-0.25, -0.2) is 9.59 Å². The lowest BCUT2D eigenvalue weighted by atomic mass is 9.50. The lowest BCUT2D eigenvalue weighted by Crippen LogP contribution is -2.74. The Morgan fingerprint density at radius 1 is 1.20 bits per heavy atom. The van der Waals surface area contributed by atoms with Crippen LogP contribution in [-0.2, 0) is 26.1 Å². The third kappa shape index (κ3) is 4.66. The fourth-order valence-electron chi connectivity index (χ4n) is 6.68. The summed E-state index contributed by atoms with van der Waals surface area (Å²) in [6, 6.07) is 3.08. The molecular weight excluding hydrogens is 540 g/mol. The first-order valence-electron chi connectivity index (χ1n) is 14.7.